The largest absolute Gasteiger partial charge is 0.493 e. The van der Waals surface area contributed by atoms with Crippen LogP contribution in [0, 0.1) is 11.8 Å². The maximum absolute atomic E-state index is 12.8. The van der Waals surface area contributed by atoms with Gasteiger partial charge in [-0.05, 0) is 79.6 Å². The Hall–Kier alpha value is -2.21. The molecule has 3 nitrogen and oxygen atoms in total. The number of benzene rings is 2. The molecule has 2 aromatic rings. The van der Waals surface area contributed by atoms with Gasteiger partial charge in [0.1, 0.15) is 5.75 Å². The molecule has 2 atom stereocenters. The summed E-state index contributed by atoms with van der Waals surface area (Å²) >= 11 is 0. The summed E-state index contributed by atoms with van der Waals surface area (Å²) in [5, 5.41) is 0. The average molecular weight is 433 g/mol. The number of hydrogen-bond donors (Lipinski definition) is 0. The number of ether oxygens (including phenoxy) is 1. The van der Waals surface area contributed by atoms with E-state index in [0.717, 1.165) is 44.1 Å². The van der Waals surface area contributed by atoms with Gasteiger partial charge in [-0.1, -0.05) is 12.1 Å². The summed E-state index contributed by atoms with van der Waals surface area (Å²) in [5.74, 6) is 2.03. The van der Waals surface area contributed by atoms with E-state index in [1.54, 1.807) is 0 Å². The van der Waals surface area contributed by atoms with Crippen LogP contribution >= 0.6 is 0 Å². The minimum Gasteiger partial charge on any atom is -0.493 e. The normalized spacial score (nSPS) is 22.4. The van der Waals surface area contributed by atoms with Gasteiger partial charge in [0.15, 0.2) is 0 Å². The Kier molecular flexibility index (Phi) is 6.47. The molecule has 2 fully saturated rings. The zero-order chi connectivity index (χ0) is 22.0. The van der Waals surface area contributed by atoms with Gasteiger partial charge >= 0.3 is 6.18 Å². The van der Waals surface area contributed by atoms with Gasteiger partial charge in [0.2, 0.25) is 0 Å². The monoisotopic (exact) mass is 432 g/mol. The lowest BCUT2D eigenvalue weighted by atomic mass is 9.80. The van der Waals surface area contributed by atoms with Gasteiger partial charge in [0, 0.05) is 38.8 Å². The number of hydrogen-bond acceptors (Lipinski definition) is 3. The molecule has 0 spiro atoms. The van der Waals surface area contributed by atoms with Crippen LogP contribution in [0.1, 0.15) is 36.3 Å². The van der Waals surface area contributed by atoms with Crippen molar-refractivity contribution in [1.82, 2.24) is 4.90 Å². The quantitative estimate of drug-likeness (QED) is 0.561. The van der Waals surface area contributed by atoms with Crippen molar-refractivity contribution < 1.29 is 17.9 Å². The third kappa shape index (κ3) is 5.73. The minimum atomic E-state index is -4.32. The molecule has 0 aromatic heterocycles. The molecule has 1 aliphatic heterocycles. The van der Waals surface area contributed by atoms with E-state index in [9.17, 15) is 13.2 Å². The van der Waals surface area contributed by atoms with Crippen molar-refractivity contribution >= 4 is 5.69 Å². The number of alkyl halides is 3. The lowest BCUT2D eigenvalue weighted by Crippen LogP contribution is -2.42. The smallest absolute Gasteiger partial charge is 0.416 e. The first kappa shape index (κ1) is 22.0. The lowest BCUT2D eigenvalue weighted by molar-refractivity contribution is -0.137. The second kappa shape index (κ2) is 9.11. The van der Waals surface area contributed by atoms with E-state index in [0.29, 0.717) is 24.2 Å². The molecule has 168 valence electrons. The summed E-state index contributed by atoms with van der Waals surface area (Å²) in [6.07, 6.45) is -0.582. The van der Waals surface area contributed by atoms with Gasteiger partial charge in [-0.2, -0.15) is 13.2 Å². The van der Waals surface area contributed by atoms with E-state index >= 15 is 0 Å². The topological polar surface area (TPSA) is 15.7 Å². The molecule has 1 aliphatic carbocycles. The number of anilines is 1. The fraction of sp³-hybridized carbons (Fsp3) is 0.520. The van der Waals surface area contributed by atoms with Gasteiger partial charge in [-0.15, -0.1) is 0 Å². The van der Waals surface area contributed by atoms with Crippen molar-refractivity contribution in [3.05, 3.63) is 59.7 Å². The van der Waals surface area contributed by atoms with Crippen molar-refractivity contribution in [3.63, 3.8) is 0 Å². The van der Waals surface area contributed by atoms with Crippen LogP contribution in [0.5, 0.6) is 5.75 Å². The van der Waals surface area contributed by atoms with Crippen molar-refractivity contribution in [3.8, 4) is 5.75 Å². The number of nitrogens with zero attached hydrogens (tertiary/aromatic N) is 2. The first-order valence-corrected chi connectivity index (χ1v) is 11.1. The predicted octanol–water partition coefficient (Wildman–Crippen LogP) is 5.67. The highest BCUT2D eigenvalue weighted by Gasteiger charge is 2.34. The van der Waals surface area contributed by atoms with Crippen molar-refractivity contribution in [2.75, 3.05) is 45.2 Å². The highest BCUT2D eigenvalue weighted by atomic mass is 19.4. The fourth-order valence-electron chi connectivity index (χ4n) is 4.51. The molecule has 1 saturated heterocycles. The Balaban J connectivity index is 1.45. The molecule has 0 N–H and O–H groups in total. The number of halogens is 3. The SMILES string of the molecule is CN(C)c1ccc(C2CCN(CC3CC3)CC2COc2ccc(C(F)(F)F)cc2)cc1. The van der Waals surface area contributed by atoms with Gasteiger partial charge in [-0.25, -0.2) is 0 Å². The highest BCUT2D eigenvalue weighted by molar-refractivity contribution is 5.46. The molecule has 6 heteroatoms. The second-order valence-electron chi connectivity index (χ2n) is 9.18. The zero-order valence-electron chi connectivity index (χ0n) is 18.2. The van der Waals surface area contributed by atoms with Crippen LogP contribution in [0.25, 0.3) is 0 Å². The van der Waals surface area contributed by atoms with Gasteiger partial charge in [-0.3, -0.25) is 0 Å². The van der Waals surface area contributed by atoms with Crippen molar-refractivity contribution in [2.45, 2.75) is 31.4 Å². The molecule has 2 aliphatic rings. The molecule has 0 bridgehead atoms. The van der Waals surface area contributed by atoms with Crippen molar-refractivity contribution in [1.29, 1.82) is 0 Å². The van der Waals surface area contributed by atoms with Crippen LogP contribution in [0.2, 0.25) is 0 Å². The molecule has 31 heavy (non-hydrogen) atoms. The van der Waals surface area contributed by atoms with E-state index < -0.39 is 11.7 Å². The van der Waals surface area contributed by atoms with E-state index in [4.69, 9.17) is 4.74 Å². The van der Waals surface area contributed by atoms with E-state index in [1.165, 1.54) is 36.2 Å². The number of rotatable bonds is 7. The van der Waals surface area contributed by atoms with Crippen LogP contribution in [0.3, 0.4) is 0 Å². The summed E-state index contributed by atoms with van der Waals surface area (Å²) in [7, 11) is 4.07. The Morgan fingerprint density at radius 3 is 2.23 bits per heavy atom. The molecule has 0 amide bonds. The highest BCUT2D eigenvalue weighted by Crippen LogP contribution is 2.37. The maximum atomic E-state index is 12.8. The second-order valence-corrected chi connectivity index (χ2v) is 9.18. The van der Waals surface area contributed by atoms with E-state index in [-0.39, 0.29) is 0 Å². The summed E-state index contributed by atoms with van der Waals surface area (Å²) < 4.78 is 44.4. The summed E-state index contributed by atoms with van der Waals surface area (Å²) in [5.41, 5.74) is 1.84. The van der Waals surface area contributed by atoms with Crippen LogP contribution in [0.4, 0.5) is 18.9 Å². The zero-order valence-corrected chi connectivity index (χ0v) is 18.2. The van der Waals surface area contributed by atoms with E-state index in [2.05, 4.69) is 34.1 Å². The first-order chi connectivity index (χ1) is 14.8. The molecular weight excluding hydrogens is 401 g/mol. The lowest BCUT2D eigenvalue weighted by Gasteiger charge is -2.39. The van der Waals surface area contributed by atoms with Crippen LogP contribution in [-0.4, -0.2) is 45.2 Å². The van der Waals surface area contributed by atoms with Gasteiger partial charge < -0.3 is 14.5 Å². The first-order valence-electron chi connectivity index (χ1n) is 11.1. The molecule has 2 unspecified atom stereocenters. The van der Waals surface area contributed by atoms with Crippen LogP contribution in [0.15, 0.2) is 48.5 Å². The third-order valence-electron chi connectivity index (χ3n) is 6.51. The Labute approximate surface area is 182 Å². The predicted molar refractivity (Wildman–Crippen MR) is 118 cm³/mol. The van der Waals surface area contributed by atoms with Crippen molar-refractivity contribution in [2.24, 2.45) is 11.8 Å². The Morgan fingerprint density at radius 1 is 0.968 bits per heavy atom. The maximum Gasteiger partial charge on any atom is 0.416 e. The number of likely N-dealkylation sites (tertiary alicyclic amines) is 1. The van der Waals surface area contributed by atoms with Crippen LogP contribution in [-0.2, 0) is 6.18 Å². The molecular formula is C25H31F3N2O. The fourth-order valence-corrected chi connectivity index (χ4v) is 4.51. The van der Waals surface area contributed by atoms with Crippen LogP contribution < -0.4 is 9.64 Å². The molecule has 1 heterocycles. The Bertz CT molecular complexity index is 845. The van der Waals surface area contributed by atoms with E-state index in [1.807, 2.05) is 14.1 Å². The van der Waals surface area contributed by atoms with Gasteiger partial charge in [0.05, 0.1) is 12.2 Å². The minimum absolute atomic E-state index is 0.306. The molecule has 2 aromatic carbocycles. The van der Waals surface area contributed by atoms with Gasteiger partial charge in [0.25, 0.3) is 0 Å². The molecule has 0 radical (unpaired) electrons. The average Bonchev–Trinajstić information content (AvgIpc) is 3.56. The third-order valence-corrected chi connectivity index (χ3v) is 6.51. The molecule has 1 saturated carbocycles. The summed E-state index contributed by atoms with van der Waals surface area (Å²) in [6, 6.07) is 13.8. The summed E-state index contributed by atoms with van der Waals surface area (Å²) in [4.78, 5) is 4.64. The molecule has 4 rings (SSSR count). The summed E-state index contributed by atoms with van der Waals surface area (Å²) in [6.45, 7) is 3.72. The standard InChI is InChI=1S/C25H31F3N2O/c1-29(2)22-9-5-19(6-10-22)24-13-14-30(15-18-3-4-18)16-20(24)17-31-23-11-7-21(8-12-23)25(26,27)28/h5-12,18,20,24H,3-4,13-17H2,1-2H3. The number of piperidine rings is 1. The Morgan fingerprint density at radius 2 is 1.65 bits per heavy atom.